The maximum Gasteiger partial charge on any atom is 0.235 e. The van der Waals surface area contributed by atoms with Gasteiger partial charge in [0.05, 0.1) is 28.7 Å². The Hall–Kier alpha value is -2.23. The lowest BCUT2D eigenvalue weighted by atomic mass is 9.84. The number of nitrogens with one attached hydrogen (secondary N) is 1. The third-order valence-electron chi connectivity index (χ3n) is 6.29. The van der Waals surface area contributed by atoms with Crippen molar-refractivity contribution in [1.29, 1.82) is 0 Å². The van der Waals surface area contributed by atoms with E-state index in [2.05, 4.69) is 10.4 Å². The number of rotatable bonds is 5. The van der Waals surface area contributed by atoms with E-state index in [0.717, 1.165) is 25.7 Å². The van der Waals surface area contributed by atoms with E-state index in [1.54, 1.807) is 17.7 Å². The Kier molecular flexibility index (Phi) is 5.00. The van der Waals surface area contributed by atoms with Crippen molar-refractivity contribution in [2.75, 3.05) is 23.4 Å². The summed E-state index contributed by atoms with van der Waals surface area (Å²) in [7, 11) is -3.08. The van der Waals surface area contributed by atoms with Crippen molar-refractivity contribution in [1.82, 2.24) is 14.7 Å². The highest BCUT2D eigenvalue weighted by molar-refractivity contribution is 7.91. The molecule has 1 spiro atoms. The van der Waals surface area contributed by atoms with Crippen molar-refractivity contribution >= 4 is 33.4 Å². The van der Waals surface area contributed by atoms with E-state index in [4.69, 9.17) is 0 Å². The van der Waals surface area contributed by atoms with Crippen LogP contribution in [0.4, 0.5) is 5.82 Å². The van der Waals surface area contributed by atoms with Crippen LogP contribution in [0.1, 0.15) is 56.7 Å². The van der Waals surface area contributed by atoms with Crippen molar-refractivity contribution in [2.45, 2.75) is 57.9 Å². The second-order valence-electron chi connectivity index (χ2n) is 8.49. The Morgan fingerprint density at radius 2 is 2.03 bits per heavy atom. The van der Waals surface area contributed by atoms with Crippen LogP contribution in [0.3, 0.4) is 0 Å². The maximum atomic E-state index is 12.7. The quantitative estimate of drug-likeness (QED) is 0.712. The molecule has 29 heavy (non-hydrogen) atoms. The van der Waals surface area contributed by atoms with E-state index in [1.165, 1.54) is 4.90 Å². The molecule has 3 fully saturated rings. The van der Waals surface area contributed by atoms with Gasteiger partial charge in [0.25, 0.3) is 0 Å². The fraction of sp³-hybridized carbons (Fsp3) is 0.684. The third kappa shape index (κ3) is 3.82. The van der Waals surface area contributed by atoms with E-state index in [0.29, 0.717) is 17.9 Å². The van der Waals surface area contributed by atoms with Gasteiger partial charge in [-0.15, -0.1) is 0 Å². The molecule has 0 bridgehead atoms. The molecule has 3 amide bonds. The summed E-state index contributed by atoms with van der Waals surface area (Å²) in [5.41, 5.74) is 0.148. The molecule has 1 N–H and O–H groups in total. The first-order valence-electron chi connectivity index (χ1n) is 10.1. The summed E-state index contributed by atoms with van der Waals surface area (Å²) in [6.45, 7) is 1.84. The number of hydrogen-bond acceptors (Lipinski definition) is 6. The highest BCUT2D eigenvalue weighted by Crippen LogP contribution is 2.46. The fourth-order valence-electron chi connectivity index (χ4n) is 4.80. The van der Waals surface area contributed by atoms with Crippen molar-refractivity contribution in [3.05, 3.63) is 11.8 Å². The van der Waals surface area contributed by atoms with Crippen LogP contribution in [-0.4, -0.2) is 58.9 Å². The van der Waals surface area contributed by atoms with Crippen LogP contribution in [0, 0.1) is 12.3 Å². The summed E-state index contributed by atoms with van der Waals surface area (Å²) < 4.78 is 25.1. The molecule has 1 saturated carbocycles. The first-order valence-corrected chi connectivity index (χ1v) is 11.9. The van der Waals surface area contributed by atoms with Crippen LogP contribution in [0.5, 0.6) is 0 Å². The third-order valence-corrected chi connectivity index (χ3v) is 8.04. The van der Waals surface area contributed by atoms with Gasteiger partial charge in [-0.2, -0.15) is 5.10 Å². The highest BCUT2D eigenvalue weighted by Gasteiger charge is 2.52. The average molecular weight is 423 g/mol. The first kappa shape index (κ1) is 20.1. The lowest BCUT2D eigenvalue weighted by molar-refractivity contribution is -0.141. The van der Waals surface area contributed by atoms with Gasteiger partial charge in [-0.25, -0.2) is 13.1 Å². The summed E-state index contributed by atoms with van der Waals surface area (Å²) in [4.78, 5) is 38.7. The zero-order valence-electron chi connectivity index (χ0n) is 16.5. The summed E-state index contributed by atoms with van der Waals surface area (Å²) in [5.74, 6) is -0.0895. The second-order valence-corrected chi connectivity index (χ2v) is 10.7. The minimum absolute atomic E-state index is 0.000747. The average Bonchev–Trinajstić information content (AvgIpc) is 3.38. The molecule has 158 valence electrons. The molecular weight excluding hydrogens is 396 g/mol. The molecule has 9 nitrogen and oxygen atoms in total. The molecule has 0 unspecified atom stereocenters. The molecule has 2 aliphatic heterocycles. The summed E-state index contributed by atoms with van der Waals surface area (Å²) in [6, 6.07) is 1.40. The van der Waals surface area contributed by atoms with Crippen LogP contribution in [0.25, 0.3) is 0 Å². The zero-order valence-corrected chi connectivity index (χ0v) is 17.3. The number of sulfone groups is 1. The minimum atomic E-state index is -3.08. The van der Waals surface area contributed by atoms with Crippen molar-refractivity contribution in [3.8, 4) is 0 Å². The van der Waals surface area contributed by atoms with Gasteiger partial charge in [-0.1, -0.05) is 12.8 Å². The van der Waals surface area contributed by atoms with E-state index >= 15 is 0 Å². The number of likely N-dealkylation sites (tertiary alicyclic amines) is 1. The smallest absolute Gasteiger partial charge is 0.235 e. The van der Waals surface area contributed by atoms with Crippen molar-refractivity contribution in [2.24, 2.45) is 5.41 Å². The van der Waals surface area contributed by atoms with Crippen molar-refractivity contribution < 1.29 is 22.8 Å². The summed E-state index contributed by atoms with van der Waals surface area (Å²) >= 11 is 0. The molecule has 1 atom stereocenters. The molecule has 1 aromatic heterocycles. The number of nitrogens with zero attached hydrogens (tertiary/aromatic N) is 3. The maximum absolute atomic E-state index is 12.7. The first-order chi connectivity index (χ1) is 13.7. The van der Waals surface area contributed by atoms with Gasteiger partial charge in [0.2, 0.25) is 17.7 Å². The van der Waals surface area contributed by atoms with Crippen LogP contribution >= 0.6 is 0 Å². The summed E-state index contributed by atoms with van der Waals surface area (Å²) in [6.07, 6.45) is 4.16. The Morgan fingerprint density at radius 3 is 2.69 bits per heavy atom. The number of aryl methyl sites for hydroxylation is 1. The number of carbonyl (C=O) groups is 3. The van der Waals surface area contributed by atoms with Gasteiger partial charge in [0, 0.05) is 25.5 Å². The summed E-state index contributed by atoms with van der Waals surface area (Å²) in [5, 5.41) is 7.11. The highest BCUT2D eigenvalue weighted by atomic mass is 32.2. The monoisotopic (exact) mass is 422 g/mol. The fourth-order valence-corrected chi connectivity index (χ4v) is 6.50. The van der Waals surface area contributed by atoms with E-state index in [-0.39, 0.29) is 54.7 Å². The molecule has 1 aromatic rings. The molecule has 3 aliphatic rings. The standard InChI is InChI=1S/C19H26N4O5S/c1-13-10-15(23(21-13)14-5-9-29(27,28)12-14)20-16(24)4-8-22-17(25)11-19(18(22)26)6-2-3-7-19/h10,14H,2-9,11-12H2,1H3,(H,20,24)/t14-/m0/s1. The largest absolute Gasteiger partial charge is 0.311 e. The van der Waals surface area contributed by atoms with Crippen LogP contribution in [0.15, 0.2) is 6.07 Å². The topological polar surface area (TPSA) is 118 Å². The van der Waals surface area contributed by atoms with Gasteiger partial charge in [-0.3, -0.25) is 19.3 Å². The Morgan fingerprint density at radius 1 is 1.31 bits per heavy atom. The van der Waals surface area contributed by atoms with Gasteiger partial charge in [0.1, 0.15) is 5.82 Å². The Bertz CT molecular complexity index is 961. The molecule has 0 aromatic carbocycles. The Labute approximate surface area is 169 Å². The SMILES string of the molecule is Cc1cc(NC(=O)CCN2C(=O)CC3(CCCC3)C2=O)n([C@H]2CCS(=O)(=O)C2)n1. The minimum Gasteiger partial charge on any atom is -0.311 e. The molecule has 3 heterocycles. The van der Waals surface area contributed by atoms with Crippen molar-refractivity contribution in [3.63, 3.8) is 0 Å². The lowest BCUT2D eigenvalue weighted by Crippen LogP contribution is -2.36. The zero-order chi connectivity index (χ0) is 20.8. The van der Waals surface area contributed by atoms with Gasteiger partial charge in [0.15, 0.2) is 9.84 Å². The normalized spacial score (nSPS) is 25.3. The predicted molar refractivity (Wildman–Crippen MR) is 105 cm³/mol. The van der Waals surface area contributed by atoms with E-state index in [9.17, 15) is 22.8 Å². The molecule has 0 radical (unpaired) electrons. The Balaban J connectivity index is 1.38. The number of imide groups is 1. The molecule has 10 heteroatoms. The van der Waals surface area contributed by atoms with Gasteiger partial charge >= 0.3 is 0 Å². The predicted octanol–water partition coefficient (Wildman–Crippen LogP) is 1.20. The number of hydrogen-bond donors (Lipinski definition) is 1. The van der Waals surface area contributed by atoms with E-state index in [1.807, 2.05) is 0 Å². The second kappa shape index (κ2) is 7.23. The number of aromatic nitrogens is 2. The van der Waals surface area contributed by atoms with Crippen LogP contribution < -0.4 is 5.32 Å². The van der Waals surface area contributed by atoms with Crippen LogP contribution in [-0.2, 0) is 24.2 Å². The van der Waals surface area contributed by atoms with Crippen LogP contribution in [0.2, 0.25) is 0 Å². The number of anilines is 1. The molecular formula is C19H26N4O5S. The van der Waals surface area contributed by atoms with E-state index < -0.39 is 15.3 Å². The number of amides is 3. The van der Waals surface area contributed by atoms with Gasteiger partial charge in [-0.05, 0) is 26.2 Å². The molecule has 2 saturated heterocycles. The molecule has 1 aliphatic carbocycles. The van der Waals surface area contributed by atoms with Gasteiger partial charge < -0.3 is 5.32 Å². The lowest BCUT2D eigenvalue weighted by Gasteiger charge is -2.20. The number of carbonyl (C=O) groups excluding carboxylic acids is 3. The molecule has 4 rings (SSSR count).